The lowest BCUT2D eigenvalue weighted by molar-refractivity contribution is 0.286. The van der Waals surface area contributed by atoms with E-state index >= 15 is 0 Å². The second-order valence-corrected chi connectivity index (χ2v) is 6.85. The van der Waals surface area contributed by atoms with Gasteiger partial charge >= 0.3 is 0 Å². The molecule has 7 heteroatoms. The van der Waals surface area contributed by atoms with Crippen LogP contribution in [0, 0.1) is 5.82 Å². The van der Waals surface area contributed by atoms with Gasteiger partial charge in [-0.25, -0.2) is 12.8 Å². The van der Waals surface area contributed by atoms with Gasteiger partial charge in [0.2, 0.25) is 10.0 Å². The Hall–Kier alpha value is -2.12. The highest BCUT2D eigenvalue weighted by atomic mass is 32.2. The molecule has 0 N–H and O–H groups in total. The molecule has 124 valence electrons. The number of nitrogens with zero attached hydrogens (tertiary/aromatic N) is 1. The maximum Gasteiger partial charge on any atom is 0.243 e. The first-order valence-electron chi connectivity index (χ1n) is 6.92. The van der Waals surface area contributed by atoms with E-state index in [9.17, 15) is 12.8 Å². The average molecular weight is 339 g/mol. The maximum absolute atomic E-state index is 13.2. The molecule has 0 amide bonds. The number of likely N-dealkylation sites (N-methyl/N-ethyl adjacent to an activating group) is 1. The Bertz CT molecular complexity index is 747. The van der Waals surface area contributed by atoms with Crippen LogP contribution in [0.15, 0.2) is 53.4 Å². The molecule has 0 saturated carbocycles. The number of hydrogen-bond acceptors (Lipinski definition) is 4. The van der Waals surface area contributed by atoms with E-state index in [1.807, 2.05) is 0 Å². The van der Waals surface area contributed by atoms with Gasteiger partial charge in [0.25, 0.3) is 0 Å². The summed E-state index contributed by atoms with van der Waals surface area (Å²) in [5.74, 6) is 0.736. The van der Waals surface area contributed by atoms with Gasteiger partial charge in [0.1, 0.15) is 23.9 Å². The summed E-state index contributed by atoms with van der Waals surface area (Å²) in [6.45, 7) is 0.322. The fraction of sp³-hybridized carbons (Fsp3) is 0.250. The van der Waals surface area contributed by atoms with Crippen molar-refractivity contribution in [1.29, 1.82) is 0 Å². The monoisotopic (exact) mass is 339 g/mol. The third kappa shape index (κ3) is 4.43. The van der Waals surface area contributed by atoms with Crippen LogP contribution in [0.2, 0.25) is 0 Å². The molecule has 0 aromatic heterocycles. The van der Waals surface area contributed by atoms with E-state index in [0.29, 0.717) is 11.5 Å². The van der Waals surface area contributed by atoms with Crippen molar-refractivity contribution in [1.82, 2.24) is 4.31 Å². The van der Waals surface area contributed by atoms with Gasteiger partial charge < -0.3 is 9.47 Å². The first-order valence-corrected chi connectivity index (χ1v) is 8.36. The highest BCUT2D eigenvalue weighted by Gasteiger charge is 2.20. The predicted molar refractivity (Wildman–Crippen MR) is 84.7 cm³/mol. The summed E-state index contributed by atoms with van der Waals surface area (Å²) in [5, 5.41) is 0. The van der Waals surface area contributed by atoms with E-state index in [4.69, 9.17) is 9.47 Å². The van der Waals surface area contributed by atoms with Crippen LogP contribution >= 0.6 is 0 Å². The number of halogens is 1. The van der Waals surface area contributed by atoms with Gasteiger partial charge in [-0.2, -0.15) is 4.31 Å². The summed E-state index contributed by atoms with van der Waals surface area (Å²) in [7, 11) is -0.734. The minimum Gasteiger partial charge on any atom is -0.497 e. The summed E-state index contributed by atoms with van der Waals surface area (Å²) >= 11 is 0. The Morgan fingerprint density at radius 1 is 1.09 bits per heavy atom. The molecule has 0 saturated heterocycles. The topological polar surface area (TPSA) is 55.8 Å². The Morgan fingerprint density at radius 2 is 1.74 bits per heavy atom. The van der Waals surface area contributed by atoms with Gasteiger partial charge in [-0.1, -0.05) is 6.07 Å². The lowest BCUT2D eigenvalue weighted by Gasteiger charge is -2.17. The predicted octanol–water partition coefficient (Wildman–Crippen LogP) is 2.53. The first kappa shape index (κ1) is 17.2. The second kappa shape index (κ2) is 7.43. The fourth-order valence-electron chi connectivity index (χ4n) is 1.89. The molecular weight excluding hydrogens is 321 g/mol. The van der Waals surface area contributed by atoms with Crippen molar-refractivity contribution in [3.8, 4) is 11.5 Å². The van der Waals surface area contributed by atoms with Crippen molar-refractivity contribution in [3.05, 3.63) is 54.3 Å². The lowest BCUT2D eigenvalue weighted by Crippen LogP contribution is -2.31. The van der Waals surface area contributed by atoms with E-state index in [0.717, 1.165) is 10.4 Å². The summed E-state index contributed by atoms with van der Waals surface area (Å²) < 4.78 is 49.4. The zero-order valence-corrected chi connectivity index (χ0v) is 13.7. The fourth-order valence-corrected chi connectivity index (χ4v) is 3.08. The smallest absolute Gasteiger partial charge is 0.243 e. The SMILES string of the molecule is COc1ccc(OCCN(C)S(=O)(=O)c2cccc(F)c2)cc1. The third-order valence-electron chi connectivity index (χ3n) is 3.24. The van der Waals surface area contributed by atoms with Crippen LogP contribution in [-0.2, 0) is 10.0 Å². The van der Waals surface area contributed by atoms with Crippen molar-refractivity contribution < 1.29 is 22.3 Å². The number of rotatable bonds is 7. The molecule has 2 aromatic rings. The van der Waals surface area contributed by atoms with Crippen molar-refractivity contribution in [2.45, 2.75) is 4.90 Å². The van der Waals surface area contributed by atoms with Crippen LogP contribution in [0.25, 0.3) is 0 Å². The molecule has 0 unspecified atom stereocenters. The average Bonchev–Trinajstić information content (AvgIpc) is 2.55. The molecule has 0 bridgehead atoms. The van der Waals surface area contributed by atoms with Crippen LogP contribution in [0.1, 0.15) is 0 Å². The zero-order valence-electron chi connectivity index (χ0n) is 12.9. The summed E-state index contributed by atoms with van der Waals surface area (Å²) in [6, 6.07) is 11.9. The van der Waals surface area contributed by atoms with Gasteiger partial charge in [-0.05, 0) is 42.5 Å². The van der Waals surface area contributed by atoms with Crippen LogP contribution < -0.4 is 9.47 Å². The van der Waals surface area contributed by atoms with Crippen molar-refractivity contribution in [2.75, 3.05) is 27.3 Å². The molecule has 0 aliphatic carbocycles. The van der Waals surface area contributed by atoms with E-state index in [-0.39, 0.29) is 18.0 Å². The number of benzene rings is 2. The number of sulfonamides is 1. The van der Waals surface area contributed by atoms with E-state index in [1.165, 1.54) is 25.2 Å². The standard InChI is InChI=1S/C16H18FNO4S/c1-18(23(19,20)16-5-3-4-13(17)12-16)10-11-22-15-8-6-14(21-2)7-9-15/h3-9,12H,10-11H2,1-2H3. The van der Waals surface area contributed by atoms with E-state index in [1.54, 1.807) is 31.4 Å². The van der Waals surface area contributed by atoms with Crippen molar-refractivity contribution in [3.63, 3.8) is 0 Å². The van der Waals surface area contributed by atoms with Gasteiger partial charge in [0.15, 0.2) is 0 Å². The molecule has 0 heterocycles. The Balaban J connectivity index is 1.94. The molecular formula is C16H18FNO4S. The summed E-state index contributed by atoms with van der Waals surface area (Å²) in [4.78, 5) is -0.0792. The second-order valence-electron chi connectivity index (χ2n) is 4.81. The van der Waals surface area contributed by atoms with Gasteiger partial charge in [0, 0.05) is 13.6 Å². The Labute approximate surface area is 135 Å². The molecule has 0 aliphatic rings. The maximum atomic E-state index is 13.2. The highest BCUT2D eigenvalue weighted by molar-refractivity contribution is 7.89. The van der Waals surface area contributed by atoms with Crippen molar-refractivity contribution in [2.24, 2.45) is 0 Å². The normalized spacial score (nSPS) is 11.5. The lowest BCUT2D eigenvalue weighted by atomic mass is 10.3. The molecule has 0 spiro atoms. The molecule has 2 aromatic carbocycles. The van der Waals surface area contributed by atoms with Gasteiger partial charge in [-0.15, -0.1) is 0 Å². The summed E-state index contributed by atoms with van der Waals surface area (Å²) in [5.41, 5.74) is 0. The first-order chi connectivity index (χ1) is 10.9. The van der Waals surface area contributed by atoms with Gasteiger partial charge in [-0.3, -0.25) is 0 Å². The van der Waals surface area contributed by atoms with Gasteiger partial charge in [0.05, 0.1) is 12.0 Å². The third-order valence-corrected chi connectivity index (χ3v) is 5.09. The number of ether oxygens (including phenoxy) is 2. The van der Waals surface area contributed by atoms with Crippen LogP contribution in [0.5, 0.6) is 11.5 Å². The van der Waals surface area contributed by atoms with E-state index in [2.05, 4.69) is 0 Å². The molecule has 0 fully saturated rings. The molecule has 0 radical (unpaired) electrons. The van der Waals surface area contributed by atoms with E-state index < -0.39 is 15.8 Å². The Kier molecular flexibility index (Phi) is 5.57. The molecule has 5 nitrogen and oxygen atoms in total. The largest absolute Gasteiger partial charge is 0.497 e. The molecule has 23 heavy (non-hydrogen) atoms. The summed E-state index contributed by atoms with van der Waals surface area (Å²) in [6.07, 6.45) is 0. The van der Waals surface area contributed by atoms with Crippen molar-refractivity contribution >= 4 is 10.0 Å². The molecule has 2 rings (SSSR count). The quantitative estimate of drug-likeness (QED) is 0.778. The zero-order chi connectivity index (χ0) is 16.9. The number of hydrogen-bond donors (Lipinski definition) is 0. The van der Waals surface area contributed by atoms with Crippen LogP contribution in [0.3, 0.4) is 0 Å². The highest BCUT2D eigenvalue weighted by Crippen LogP contribution is 2.18. The minimum atomic E-state index is -3.73. The molecule has 0 atom stereocenters. The van der Waals surface area contributed by atoms with Crippen LogP contribution in [0.4, 0.5) is 4.39 Å². The number of methoxy groups -OCH3 is 1. The van der Waals surface area contributed by atoms with Crippen LogP contribution in [-0.4, -0.2) is 40.0 Å². The minimum absolute atomic E-state index is 0.0792. The molecule has 0 aliphatic heterocycles. The Morgan fingerprint density at radius 3 is 2.35 bits per heavy atom.